The second-order valence-corrected chi connectivity index (χ2v) is 7.83. The summed E-state index contributed by atoms with van der Waals surface area (Å²) in [4.78, 5) is 18.8. The van der Waals surface area contributed by atoms with Gasteiger partial charge in [-0.05, 0) is 23.6 Å². The van der Waals surface area contributed by atoms with Crippen molar-refractivity contribution < 1.29 is 22.1 Å². The molecule has 0 aliphatic heterocycles. The molecule has 11 heteroatoms. The molecular formula is C15H16N4O5S2. The molecule has 138 valence electrons. The number of thiophene rings is 1. The summed E-state index contributed by atoms with van der Waals surface area (Å²) in [7, 11) is -2.33. The lowest BCUT2D eigenvalue weighted by Gasteiger charge is -2.04. The topological polar surface area (TPSA) is 122 Å². The Morgan fingerprint density at radius 2 is 2.19 bits per heavy atom. The van der Waals surface area contributed by atoms with E-state index in [2.05, 4.69) is 20.6 Å². The van der Waals surface area contributed by atoms with Crippen molar-refractivity contribution in [3.05, 3.63) is 35.7 Å². The summed E-state index contributed by atoms with van der Waals surface area (Å²) >= 11 is 1.08. The molecule has 0 unspecified atom stereocenters. The maximum Gasteiger partial charge on any atom is 0.348 e. The first-order valence-electron chi connectivity index (χ1n) is 7.49. The number of hydrogen-bond acceptors (Lipinski definition) is 7. The van der Waals surface area contributed by atoms with Gasteiger partial charge in [0.2, 0.25) is 5.95 Å². The summed E-state index contributed by atoms with van der Waals surface area (Å²) in [6.45, 7) is 0.758. The highest BCUT2D eigenvalue weighted by molar-refractivity contribution is 7.89. The van der Waals surface area contributed by atoms with E-state index in [1.165, 1.54) is 25.3 Å². The van der Waals surface area contributed by atoms with Crippen molar-refractivity contribution >= 4 is 44.5 Å². The van der Waals surface area contributed by atoms with Gasteiger partial charge < -0.3 is 19.2 Å². The van der Waals surface area contributed by atoms with E-state index in [1.807, 2.05) is 0 Å². The van der Waals surface area contributed by atoms with Gasteiger partial charge in [-0.25, -0.2) is 9.78 Å². The van der Waals surface area contributed by atoms with E-state index in [0.29, 0.717) is 24.2 Å². The lowest BCUT2D eigenvalue weighted by molar-refractivity contribution is 0.198. The average Bonchev–Trinajstić information content (AvgIpc) is 3.23. The van der Waals surface area contributed by atoms with Crippen LogP contribution in [-0.4, -0.2) is 44.7 Å². The molecule has 0 atom stereocenters. The normalized spacial score (nSPS) is 11.4. The first-order chi connectivity index (χ1) is 12.5. The Hall–Kier alpha value is -2.63. The molecule has 3 N–H and O–H groups in total. The predicted octanol–water partition coefficient (Wildman–Crippen LogP) is 2.16. The van der Waals surface area contributed by atoms with Crippen LogP contribution in [-0.2, 0) is 14.9 Å². The van der Waals surface area contributed by atoms with Crippen LogP contribution in [0.15, 0.2) is 39.9 Å². The molecule has 3 aromatic rings. The standard InChI is InChI=1S/C15H16N4O5S2/c1-23-7-6-16-15(20)19-14-17-11-5-4-10(9-12(11)18-14)24-26(21,22)13-3-2-8-25-13/h2-5,8-9H,6-7H2,1H3,(H3,16,17,18,19,20). The Morgan fingerprint density at radius 3 is 2.92 bits per heavy atom. The lowest BCUT2D eigenvalue weighted by atomic mass is 10.3. The molecule has 0 saturated carbocycles. The number of carbonyl (C=O) groups is 1. The summed E-state index contributed by atoms with van der Waals surface area (Å²) in [6, 6.07) is 7.27. The van der Waals surface area contributed by atoms with Crippen LogP contribution in [0.4, 0.5) is 10.7 Å². The number of fused-ring (bicyclic) bond motifs is 1. The number of anilines is 1. The van der Waals surface area contributed by atoms with Crippen LogP contribution >= 0.6 is 11.3 Å². The number of H-pyrrole nitrogens is 1. The van der Waals surface area contributed by atoms with Crippen molar-refractivity contribution in [1.29, 1.82) is 0 Å². The third kappa shape index (κ3) is 4.31. The van der Waals surface area contributed by atoms with Crippen molar-refractivity contribution in [1.82, 2.24) is 15.3 Å². The van der Waals surface area contributed by atoms with Gasteiger partial charge in [0.25, 0.3) is 0 Å². The number of hydrogen-bond donors (Lipinski definition) is 3. The minimum absolute atomic E-state index is 0.122. The summed E-state index contributed by atoms with van der Waals surface area (Å²) in [5.41, 5.74) is 1.08. The van der Waals surface area contributed by atoms with Gasteiger partial charge in [-0.3, -0.25) is 5.32 Å². The predicted molar refractivity (Wildman–Crippen MR) is 97.1 cm³/mol. The monoisotopic (exact) mass is 396 g/mol. The fourth-order valence-electron chi connectivity index (χ4n) is 2.09. The molecular weight excluding hydrogens is 380 g/mol. The van der Waals surface area contributed by atoms with Gasteiger partial charge in [0.1, 0.15) is 5.75 Å². The lowest BCUT2D eigenvalue weighted by Crippen LogP contribution is -2.31. The van der Waals surface area contributed by atoms with E-state index < -0.39 is 16.1 Å². The number of aromatic nitrogens is 2. The quantitative estimate of drug-likeness (QED) is 0.415. The minimum atomic E-state index is -3.87. The van der Waals surface area contributed by atoms with Gasteiger partial charge in [0.15, 0.2) is 4.21 Å². The maximum absolute atomic E-state index is 12.2. The smallest absolute Gasteiger partial charge is 0.348 e. The SMILES string of the molecule is COCCNC(=O)Nc1nc2ccc(OS(=O)(=O)c3cccs3)cc2[nH]1. The van der Waals surface area contributed by atoms with Crippen LogP contribution in [0.5, 0.6) is 5.75 Å². The molecule has 2 aromatic heterocycles. The summed E-state index contributed by atoms with van der Waals surface area (Å²) in [5.74, 6) is 0.374. The van der Waals surface area contributed by atoms with Crippen molar-refractivity contribution in [2.75, 3.05) is 25.6 Å². The number of carbonyl (C=O) groups excluding carboxylic acids is 1. The average molecular weight is 396 g/mol. The van der Waals surface area contributed by atoms with E-state index in [0.717, 1.165) is 11.3 Å². The van der Waals surface area contributed by atoms with Gasteiger partial charge in [-0.15, -0.1) is 11.3 Å². The summed E-state index contributed by atoms with van der Waals surface area (Å²) < 4.78 is 34.4. The Labute approximate surface area is 153 Å². The second-order valence-electron chi connectivity index (χ2n) is 5.11. The Balaban J connectivity index is 1.72. The molecule has 0 aliphatic rings. The maximum atomic E-state index is 12.2. The summed E-state index contributed by atoms with van der Waals surface area (Å²) in [6.07, 6.45) is 0. The Kier molecular flexibility index (Phi) is 5.40. The number of aromatic amines is 1. The van der Waals surface area contributed by atoms with E-state index in [1.54, 1.807) is 17.5 Å². The number of methoxy groups -OCH3 is 1. The molecule has 3 rings (SSSR count). The number of amides is 2. The van der Waals surface area contributed by atoms with Crippen molar-refractivity contribution in [2.24, 2.45) is 0 Å². The van der Waals surface area contributed by atoms with Crippen molar-refractivity contribution in [3.8, 4) is 5.75 Å². The number of nitrogens with zero attached hydrogens (tertiary/aromatic N) is 1. The van der Waals surface area contributed by atoms with Crippen LogP contribution in [0.25, 0.3) is 11.0 Å². The van der Waals surface area contributed by atoms with Crippen molar-refractivity contribution in [3.63, 3.8) is 0 Å². The molecule has 0 aliphatic carbocycles. The molecule has 9 nitrogen and oxygen atoms in total. The summed E-state index contributed by atoms with van der Waals surface area (Å²) in [5, 5.41) is 6.80. The zero-order valence-corrected chi connectivity index (χ0v) is 15.3. The van der Waals surface area contributed by atoms with E-state index in [4.69, 9.17) is 8.92 Å². The molecule has 0 saturated heterocycles. The highest BCUT2D eigenvalue weighted by Crippen LogP contribution is 2.25. The van der Waals surface area contributed by atoms with Crippen LogP contribution in [0.2, 0.25) is 0 Å². The largest absolute Gasteiger partial charge is 0.383 e. The van der Waals surface area contributed by atoms with E-state index in [-0.39, 0.29) is 15.9 Å². The van der Waals surface area contributed by atoms with E-state index in [9.17, 15) is 13.2 Å². The third-order valence-electron chi connectivity index (χ3n) is 3.22. The fourth-order valence-corrected chi connectivity index (χ4v) is 3.96. The third-order valence-corrected chi connectivity index (χ3v) is 5.83. The number of nitrogens with one attached hydrogen (secondary N) is 3. The number of imidazole rings is 1. The number of rotatable bonds is 7. The molecule has 26 heavy (non-hydrogen) atoms. The van der Waals surface area contributed by atoms with Crippen LogP contribution in [0.1, 0.15) is 0 Å². The Bertz CT molecular complexity index is 998. The molecule has 1 aromatic carbocycles. The number of urea groups is 1. The molecule has 0 radical (unpaired) electrons. The van der Waals surface area contributed by atoms with Gasteiger partial charge in [0, 0.05) is 19.7 Å². The Morgan fingerprint density at radius 1 is 1.35 bits per heavy atom. The van der Waals surface area contributed by atoms with Gasteiger partial charge in [-0.2, -0.15) is 8.42 Å². The zero-order valence-electron chi connectivity index (χ0n) is 13.7. The van der Waals surface area contributed by atoms with Gasteiger partial charge in [-0.1, -0.05) is 6.07 Å². The minimum Gasteiger partial charge on any atom is -0.383 e. The van der Waals surface area contributed by atoms with Crippen LogP contribution in [0.3, 0.4) is 0 Å². The highest BCUT2D eigenvalue weighted by Gasteiger charge is 2.18. The molecule has 0 spiro atoms. The van der Waals surface area contributed by atoms with Gasteiger partial charge in [0.05, 0.1) is 17.6 Å². The number of benzene rings is 1. The molecule has 2 heterocycles. The molecule has 0 fully saturated rings. The highest BCUT2D eigenvalue weighted by atomic mass is 32.3. The van der Waals surface area contributed by atoms with Crippen LogP contribution < -0.4 is 14.8 Å². The molecule has 2 amide bonds. The number of ether oxygens (including phenoxy) is 1. The fraction of sp³-hybridized carbons (Fsp3) is 0.200. The first-order valence-corrected chi connectivity index (χ1v) is 9.78. The zero-order chi connectivity index (χ0) is 18.6. The first kappa shape index (κ1) is 18.2. The molecule has 0 bridgehead atoms. The van der Waals surface area contributed by atoms with Crippen LogP contribution in [0, 0.1) is 0 Å². The van der Waals surface area contributed by atoms with Gasteiger partial charge >= 0.3 is 16.1 Å². The van der Waals surface area contributed by atoms with E-state index >= 15 is 0 Å². The second kappa shape index (κ2) is 7.72. The van der Waals surface area contributed by atoms with Crippen molar-refractivity contribution in [2.45, 2.75) is 4.21 Å².